The maximum Gasteiger partial charge on any atom is 0.254 e. The van der Waals surface area contributed by atoms with Crippen LogP contribution in [0.25, 0.3) is 22.5 Å². The maximum atomic E-state index is 15.3. The van der Waals surface area contributed by atoms with E-state index in [1.54, 1.807) is 11.0 Å². The Hall–Kier alpha value is -4.23. The summed E-state index contributed by atoms with van der Waals surface area (Å²) in [6.45, 7) is -3.28. The third-order valence-corrected chi connectivity index (χ3v) is 7.07. The van der Waals surface area contributed by atoms with Gasteiger partial charge in [0.15, 0.2) is 12.0 Å². The number of benzene rings is 1. The fraction of sp³-hybridized carbons (Fsp3) is 0.250. The summed E-state index contributed by atoms with van der Waals surface area (Å²) in [5, 5.41) is 32.5. The number of carbonyl (C=O) groups excluding carboxylic acids is 1. The van der Waals surface area contributed by atoms with E-state index in [0.29, 0.717) is 24.1 Å². The first kappa shape index (κ1) is 20.8. The van der Waals surface area contributed by atoms with Crippen LogP contribution in [0.15, 0.2) is 43.0 Å². The quantitative estimate of drug-likeness (QED) is 0.291. The molecule has 2 aliphatic heterocycles. The Morgan fingerprint density at radius 1 is 1.32 bits per heavy atom. The van der Waals surface area contributed by atoms with Gasteiger partial charge in [-0.3, -0.25) is 4.79 Å². The van der Waals surface area contributed by atoms with Crippen LogP contribution in [-0.4, -0.2) is 52.1 Å². The van der Waals surface area contributed by atoms with Gasteiger partial charge in [-0.15, -0.1) is 5.10 Å². The van der Waals surface area contributed by atoms with Crippen LogP contribution < -0.4 is 4.73 Å². The maximum absolute atomic E-state index is 15.3. The van der Waals surface area contributed by atoms with Crippen molar-refractivity contribution in [2.24, 2.45) is 0 Å². The number of imidazole rings is 1. The Morgan fingerprint density at radius 2 is 2.16 bits per heavy atom. The van der Waals surface area contributed by atoms with Crippen molar-refractivity contribution in [1.82, 2.24) is 35.1 Å². The number of nitrogens with one attached hydrogen (secondary N) is 1. The van der Waals surface area contributed by atoms with Gasteiger partial charge >= 0.3 is 0 Å². The number of pyridine rings is 1. The third kappa shape index (κ3) is 3.82. The van der Waals surface area contributed by atoms with E-state index in [-0.39, 0.29) is 44.9 Å². The largest absolute Gasteiger partial charge is 0.618 e. The monoisotopic (exact) mass is 543 g/mol. The first-order chi connectivity index (χ1) is 19.5. The molecule has 2 N–H and O–H groups in total. The zero-order chi connectivity index (χ0) is 29.2. The minimum absolute atomic E-state index is 0.102. The number of aliphatic hydroxyl groups is 1. The zero-order valence-corrected chi connectivity index (χ0v) is 20.0. The van der Waals surface area contributed by atoms with Gasteiger partial charge in [0.05, 0.1) is 32.7 Å². The van der Waals surface area contributed by atoms with Crippen LogP contribution in [0.5, 0.6) is 0 Å². The van der Waals surface area contributed by atoms with Crippen molar-refractivity contribution in [3.05, 3.63) is 81.9 Å². The highest BCUT2D eigenvalue weighted by atomic mass is 35.5. The molecule has 2 atom stereocenters. The van der Waals surface area contributed by atoms with Crippen molar-refractivity contribution in [1.29, 1.82) is 0 Å². The van der Waals surface area contributed by atoms with Gasteiger partial charge in [0.2, 0.25) is 11.7 Å². The number of hydrogen-bond donors (Lipinski definition) is 2. The number of aromatic nitrogens is 7. The standard InChI is InChI=1S/C24H19ClF2N8O3/c25-15-2-4-17(33-11-29-31-32-33)21(23(15)27)12-7-13-1-3-18(35(13)20(37)8-12)24-28-9-16(30-24)14-5-6-34(38)19(10-36)22(14)26/h2,4-6,8-9,11,13,18,36H,1,3,7,10H2,(H,28,30)/t13-,18+/m1/s1/i9D,10D2. The summed E-state index contributed by atoms with van der Waals surface area (Å²) in [6.07, 6.45) is 4.25. The average molecular weight is 544 g/mol. The molecule has 38 heavy (non-hydrogen) atoms. The summed E-state index contributed by atoms with van der Waals surface area (Å²) < 4.78 is 54.7. The van der Waals surface area contributed by atoms with Gasteiger partial charge in [-0.05, 0) is 47.4 Å². The van der Waals surface area contributed by atoms with Crippen LogP contribution in [0.3, 0.4) is 0 Å². The fourth-order valence-electron chi connectivity index (χ4n) is 5.10. The van der Waals surface area contributed by atoms with E-state index >= 15 is 8.78 Å². The van der Waals surface area contributed by atoms with Crippen molar-refractivity contribution in [2.75, 3.05) is 0 Å². The molecule has 1 saturated heterocycles. The summed E-state index contributed by atoms with van der Waals surface area (Å²) in [5.74, 6) is -2.31. The van der Waals surface area contributed by atoms with Crippen LogP contribution in [0, 0.1) is 16.8 Å². The molecule has 4 aromatic rings. The SMILES string of the molecule is [2H]c1nc([C@@H]2CC[C@@H]3CC(c4c(-n5cnnn5)ccc(Cl)c4F)=CC(=O)N32)[nH]c1-c1cc[n+]([O-])c(C([2H])([2H])O)c1F. The number of H-pyrrole nitrogens is 1. The van der Waals surface area contributed by atoms with Crippen molar-refractivity contribution in [3.8, 4) is 16.9 Å². The number of halogens is 3. The Morgan fingerprint density at radius 3 is 2.92 bits per heavy atom. The van der Waals surface area contributed by atoms with Crippen molar-refractivity contribution in [3.63, 3.8) is 0 Å². The molecule has 0 radical (unpaired) electrons. The molecule has 6 rings (SSSR count). The van der Waals surface area contributed by atoms with Crippen molar-refractivity contribution in [2.45, 2.75) is 37.9 Å². The lowest BCUT2D eigenvalue weighted by molar-refractivity contribution is -0.618. The molecule has 0 unspecified atom stereocenters. The van der Waals surface area contributed by atoms with Gasteiger partial charge in [0, 0.05) is 29.3 Å². The smallest absolute Gasteiger partial charge is 0.254 e. The predicted molar refractivity (Wildman–Crippen MR) is 128 cm³/mol. The third-order valence-electron chi connectivity index (χ3n) is 6.77. The molecule has 5 heterocycles. The number of fused-ring (bicyclic) bond motifs is 1. The summed E-state index contributed by atoms with van der Waals surface area (Å²) >= 11 is 6.07. The number of nitrogens with zero attached hydrogens (tertiary/aromatic N) is 7. The average Bonchev–Trinajstić information content (AvgIpc) is 3.65. The van der Waals surface area contributed by atoms with Gasteiger partial charge in [0.25, 0.3) is 5.69 Å². The second-order valence-electron chi connectivity index (χ2n) is 8.81. The normalized spacial score (nSPS) is 20.6. The molecule has 14 heteroatoms. The Kier molecular flexibility index (Phi) is 5.06. The summed E-state index contributed by atoms with van der Waals surface area (Å²) in [4.78, 5) is 22.0. The van der Waals surface area contributed by atoms with Gasteiger partial charge in [-0.1, -0.05) is 11.6 Å². The number of tetrazole rings is 1. The topological polar surface area (TPSA) is 140 Å². The van der Waals surface area contributed by atoms with Crippen molar-refractivity contribution >= 4 is 23.1 Å². The lowest BCUT2D eigenvalue weighted by Gasteiger charge is -2.33. The lowest BCUT2D eigenvalue weighted by Crippen LogP contribution is -2.39. The van der Waals surface area contributed by atoms with Crippen LogP contribution >= 0.6 is 11.6 Å². The first-order valence-electron chi connectivity index (χ1n) is 12.9. The first-order valence-corrected chi connectivity index (χ1v) is 11.8. The zero-order valence-electron chi connectivity index (χ0n) is 22.3. The molecule has 194 valence electrons. The summed E-state index contributed by atoms with van der Waals surface area (Å²) in [7, 11) is 0. The molecule has 0 aliphatic carbocycles. The highest BCUT2D eigenvalue weighted by Crippen LogP contribution is 2.44. The molecule has 0 bridgehead atoms. The van der Waals surface area contributed by atoms with E-state index in [1.165, 1.54) is 23.2 Å². The summed E-state index contributed by atoms with van der Waals surface area (Å²) in [6, 6.07) is 2.99. The van der Waals surface area contributed by atoms with Gasteiger partial charge in [-0.25, -0.2) is 9.37 Å². The molecule has 1 fully saturated rings. The van der Waals surface area contributed by atoms with Gasteiger partial charge in [0.1, 0.15) is 18.7 Å². The molecular formula is C24H19ClF2N8O3. The number of carbonyl (C=O) groups is 1. The number of amides is 1. The van der Waals surface area contributed by atoms with E-state index in [9.17, 15) is 15.1 Å². The minimum atomic E-state index is -3.28. The highest BCUT2D eigenvalue weighted by molar-refractivity contribution is 6.31. The second-order valence-corrected chi connectivity index (χ2v) is 9.22. The van der Waals surface area contributed by atoms with Gasteiger partial charge in [-0.2, -0.15) is 13.8 Å². The van der Waals surface area contributed by atoms with Crippen LogP contribution in [-0.2, 0) is 11.4 Å². The Balaban J connectivity index is 1.35. The van der Waals surface area contributed by atoms with E-state index in [4.69, 9.17) is 15.7 Å². The fourth-order valence-corrected chi connectivity index (χ4v) is 5.25. The predicted octanol–water partition coefficient (Wildman–Crippen LogP) is 2.63. The molecule has 0 spiro atoms. The van der Waals surface area contributed by atoms with Gasteiger partial charge < -0.3 is 20.2 Å². The highest BCUT2D eigenvalue weighted by Gasteiger charge is 2.42. The number of rotatable bonds is 5. The Labute approximate surface area is 222 Å². The second kappa shape index (κ2) is 9.26. The molecule has 2 aliphatic rings. The molecule has 3 aromatic heterocycles. The molecule has 1 amide bonds. The van der Waals surface area contributed by atoms with Crippen LogP contribution in [0.2, 0.25) is 5.02 Å². The molecular weight excluding hydrogens is 522 g/mol. The molecule has 11 nitrogen and oxygen atoms in total. The van der Waals surface area contributed by atoms with Crippen molar-refractivity contribution < 1.29 is 27.5 Å². The summed E-state index contributed by atoms with van der Waals surface area (Å²) in [5.41, 5.74) is -0.840. The minimum Gasteiger partial charge on any atom is -0.618 e. The number of aromatic amines is 1. The van der Waals surface area contributed by atoms with Crippen LogP contribution in [0.1, 0.15) is 46.5 Å². The molecule has 1 aromatic carbocycles. The van der Waals surface area contributed by atoms with E-state index in [2.05, 4.69) is 25.5 Å². The number of hydrogen-bond acceptors (Lipinski definition) is 7. The van der Waals surface area contributed by atoms with E-state index in [0.717, 1.165) is 12.3 Å². The van der Waals surface area contributed by atoms with Crippen LogP contribution in [0.4, 0.5) is 8.78 Å². The lowest BCUT2D eigenvalue weighted by atomic mass is 9.92. The Bertz CT molecular complexity index is 1730. The van der Waals surface area contributed by atoms with E-state index < -0.39 is 42.0 Å². The van der Waals surface area contributed by atoms with E-state index in [1.807, 2.05) is 0 Å². The molecule has 0 saturated carbocycles.